The number of amides is 1. The van der Waals surface area contributed by atoms with E-state index in [-0.39, 0.29) is 18.1 Å². The molecule has 0 radical (unpaired) electrons. The Hall–Kier alpha value is -2.54. The quantitative estimate of drug-likeness (QED) is 0.780. The largest absolute Gasteiger partial charge is 0.359 e. The van der Waals surface area contributed by atoms with Crippen molar-refractivity contribution >= 4 is 17.2 Å². The van der Waals surface area contributed by atoms with Gasteiger partial charge in [0.1, 0.15) is 10.8 Å². The molecule has 1 N–H and O–H groups in total. The summed E-state index contributed by atoms with van der Waals surface area (Å²) >= 11 is 1.40. The zero-order valence-electron chi connectivity index (χ0n) is 12.4. The van der Waals surface area contributed by atoms with Crippen molar-refractivity contribution in [1.82, 2.24) is 15.5 Å². The first kappa shape index (κ1) is 15.4. The summed E-state index contributed by atoms with van der Waals surface area (Å²) in [4.78, 5) is 16.3. The van der Waals surface area contributed by atoms with Crippen LogP contribution in [0.15, 0.2) is 40.2 Å². The first-order valence-electron chi connectivity index (χ1n) is 6.99. The molecule has 0 fully saturated rings. The van der Waals surface area contributed by atoms with E-state index < -0.39 is 0 Å². The summed E-state index contributed by atoms with van der Waals surface area (Å²) in [7, 11) is 0. The Labute approximate surface area is 136 Å². The second-order valence-corrected chi connectivity index (χ2v) is 5.96. The molecule has 0 aliphatic carbocycles. The normalized spacial score (nSPS) is 10.7. The third-order valence-electron chi connectivity index (χ3n) is 3.14. The van der Waals surface area contributed by atoms with Gasteiger partial charge in [-0.05, 0) is 31.2 Å². The Morgan fingerprint density at radius 3 is 2.83 bits per heavy atom. The van der Waals surface area contributed by atoms with Gasteiger partial charge < -0.3 is 9.84 Å². The molecular formula is C16H14FN3O2S. The standard InChI is InChI=1S/C16H14FN3O2S/c1-10-6-13(22-20-10)8-18-15(21)7-16-19-14(9-23-16)11-2-4-12(17)5-3-11/h2-6,9H,7-8H2,1H3,(H,18,21). The van der Waals surface area contributed by atoms with E-state index >= 15 is 0 Å². The average molecular weight is 331 g/mol. The van der Waals surface area contributed by atoms with Crippen LogP contribution in [0.3, 0.4) is 0 Å². The van der Waals surface area contributed by atoms with Gasteiger partial charge in [-0.3, -0.25) is 4.79 Å². The van der Waals surface area contributed by atoms with Gasteiger partial charge in [0.15, 0.2) is 5.76 Å². The topological polar surface area (TPSA) is 68.0 Å². The van der Waals surface area contributed by atoms with Gasteiger partial charge >= 0.3 is 0 Å². The molecule has 2 heterocycles. The highest BCUT2D eigenvalue weighted by molar-refractivity contribution is 7.10. The number of carbonyl (C=O) groups excluding carboxylic acids is 1. The summed E-state index contributed by atoms with van der Waals surface area (Å²) < 4.78 is 18.0. The second kappa shape index (κ2) is 6.70. The van der Waals surface area contributed by atoms with Gasteiger partial charge in [0.2, 0.25) is 5.91 Å². The summed E-state index contributed by atoms with van der Waals surface area (Å²) in [5, 5.41) is 9.08. The van der Waals surface area contributed by atoms with Crippen molar-refractivity contribution in [3.05, 3.63) is 58.0 Å². The maximum atomic E-state index is 12.9. The smallest absolute Gasteiger partial charge is 0.227 e. The maximum absolute atomic E-state index is 12.9. The van der Waals surface area contributed by atoms with Gasteiger partial charge in [-0.1, -0.05) is 5.16 Å². The fourth-order valence-corrected chi connectivity index (χ4v) is 2.83. The minimum absolute atomic E-state index is 0.140. The molecule has 23 heavy (non-hydrogen) atoms. The molecule has 2 aromatic heterocycles. The number of thiazole rings is 1. The van der Waals surface area contributed by atoms with E-state index in [9.17, 15) is 9.18 Å². The van der Waals surface area contributed by atoms with Crippen LogP contribution in [-0.4, -0.2) is 16.0 Å². The Morgan fingerprint density at radius 2 is 2.13 bits per heavy atom. The lowest BCUT2D eigenvalue weighted by Crippen LogP contribution is -2.24. The molecule has 1 amide bonds. The molecule has 7 heteroatoms. The highest BCUT2D eigenvalue weighted by Crippen LogP contribution is 2.22. The number of nitrogens with one attached hydrogen (secondary N) is 1. The number of hydrogen-bond acceptors (Lipinski definition) is 5. The number of halogens is 1. The van der Waals surface area contributed by atoms with Crippen molar-refractivity contribution in [1.29, 1.82) is 0 Å². The minimum atomic E-state index is -0.286. The van der Waals surface area contributed by atoms with Crippen LogP contribution in [0, 0.1) is 12.7 Å². The summed E-state index contributed by atoms with van der Waals surface area (Å²) in [5.41, 5.74) is 2.34. The van der Waals surface area contributed by atoms with Crippen molar-refractivity contribution in [2.75, 3.05) is 0 Å². The van der Waals surface area contributed by atoms with Crippen molar-refractivity contribution in [3.63, 3.8) is 0 Å². The molecule has 0 aliphatic rings. The Bertz CT molecular complexity index is 811. The van der Waals surface area contributed by atoms with Crippen LogP contribution in [0.2, 0.25) is 0 Å². The van der Waals surface area contributed by atoms with Gasteiger partial charge in [0, 0.05) is 17.0 Å². The summed E-state index contributed by atoms with van der Waals surface area (Å²) in [6.07, 6.45) is 0.193. The van der Waals surface area contributed by atoms with Gasteiger partial charge in [0.25, 0.3) is 0 Å². The van der Waals surface area contributed by atoms with E-state index in [1.165, 1.54) is 23.5 Å². The van der Waals surface area contributed by atoms with E-state index in [1.807, 2.05) is 12.3 Å². The number of carbonyl (C=O) groups is 1. The molecular weight excluding hydrogens is 317 g/mol. The van der Waals surface area contributed by atoms with E-state index in [2.05, 4.69) is 15.5 Å². The predicted molar refractivity (Wildman–Crippen MR) is 84.3 cm³/mol. The molecule has 0 spiro atoms. The average Bonchev–Trinajstić information content (AvgIpc) is 3.15. The zero-order chi connectivity index (χ0) is 16.2. The molecule has 5 nitrogen and oxygen atoms in total. The molecule has 0 saturated heterocycles. The van der Waals surface area contributed by atoms with Crippen LogP contribution in [0.4, 0.5) is 4.39 Å². The highest BCUT2D eigenvalue weighted by Gasteiger charge is 2.10. The number of hydrogen-bond donors (Lipinski definition) is 1. The van der Waals surface area contributed by atoms with Crippen LogP contribution in [0.5, 0.6) is 0 Å². The van der Waals surface area contributed by atoms with E-state index in [4.69, 9.17) is 4.52 Å². The highest BCUT2D eigenvalue weighted by atomic mass is 32.1. The SMILES string of the molecule is Cc1cc(CNC(=O)Cc2nc(-c3ccc(F)cc3)cs2)on1. The van der Waals surface area contributed by atoms with Crippen LogP contribution in [0.1, 0.15) is 16.5 Å². The molecule has 0 aliphatic heterocycles. The molecule has 1 aromatic carbocycles. The molecule has 118 valence electrons. The van der Waals surface area contributed by atoms with Crippen molar-refractivity contribution < 1.29 is 13.7 Å². The van der Waals surface area contributed by atoms with Gasteiger partial charge in [0.05, 0.1) is 24.4 Å². The fourth-order valence-electron chi connectivity index (χ4n) is 2.03. The third kappa shape index (κ3) is 4.01. The summed E-state index contributed by atoms with van der Waals surface area (Å²) in [5.74, 6) is 0.187. The van der Waals surface area contributed by atoms with E-state index in [0.717, 1.165) is 17.0 Å². The predicted octanol–water partition coefficient (Wildman–Crippen LogP) is 3.10. The van der Waals surface area contributed by atoms with Gasteiger partial charge in [-0.15, -0.1) is 11.3 Å². The Balaban J connectivity index is 1.58. The van der Waals surface area contributed by atoms with Crippen LogP contribution >= 0.6 is 11.3 Å². The number of benzene rings is 1. The summed E-state index contributed by atoms with van der Waals surface area (Å²) in [6, 6.07) is 7.89. The molecule has 3 rings (SSSR count). The monoisotopic (exact) mass is 331 g/mol. The molecule has 0 unspecified atom stereocenters. The third-order valence-corrected chi connectivity index (χ3v) is 3.99. The lowest BCUT2D eigenvalue weighted by atomic mass is 10.2. The van der Waals surface area contributed by atoms with Gasteiger partial charge in [-0.2, -0.15) is 0 Å². The Kier molecular flexibility index (Phi) is 4.47. The lowest BCUT2D eigenvalue weighted by molar-refractivity contribution is -0.120. The molecule has 0 saturated carbocycles. The number of aryl methyl sites for hydroxylation is 1. The fraction of sp³-hybridized carbons (Fsp3) is 0.188. The molecule has 3 aromatic rings. The van der Waals surface area contributed by atoms with Crippen LogP contribution in [-0.2, 0) is 17.8 Å². The van der Waals surface area contributed by atoms with Crippen molar-refractivity contribution in [2.45, 2.75) is 19.9 Å². The number of nitrogens with zero attached hydrogens (tertiary/aromatic N) is 2. The first-order chi connectivity index (χ1) is 11.1. The minimum Gasteiger partial charge on any atom is -0.359 e. The van der Waals surface area contributed by atoms with Crippen LogP contribution in [0.25, 0.3) is 11.3 Å². The zero-order valence-corrected chi connectivity index (χ0v) is 13.2. The molecule has 0 bridgehead atoms. The van der Waals surface area contributed by atoms with E-state index in [1.54, 1.807) is 18.2 Å². The molecule has 0 atom stereocenters. The number of rotatable bonds is 5. The maximum Gasteiger partial charge on any atom is 0.227 e. The van der Waals surface area contributed by atoms with Crippen molar-refractivity contribution in [2.24, 2.45) is 0 Å². The summed E-state index contributed by atoms with van der Waals surface area (Å²) in [6.45, 7) is 2.12. The Morgan fingerprint density at radius 1 is 1.35 bits per heavy atom. The first-order valence-corrected chi connectivity index (χ1v) is 7.87. The van der Waals surface area contributed by atoms with Crippen LogP contribution < -0.4 is 5.32 Å². The van der Waals surface area contributed by atoms with Gasteiger partial charge in [-0.25, -0.2) is 9.37 Å². The van der Waals surface area contributed by atoms with Crippen molar-refractivity contribution in [3.8, 4) is 11.3 Å². The second-order valence-electron chi connectivity index (χ2n) is 5.02. The lowest BCUT2D eigenvalue weighted by Gasteiger charge is -2.00. The van der Waals surface area contributed by atoms with E-state index in [0.29, 0.717) is 17.3 Å². The number of aromatic nitrogens is 2.